The number of carbonyl (C=O) groups is 2. The Hall–Kier alpha value is -1.54. The number of hydrogen-bond acceptors (Lipinski definition) is 6. The van der Waals surface area contributed by atoms with Gasteiger partial charge in [-0.3, -0.25) is 14.9 Å². The van der Waals surface area contributed by atoms with Crippen LogP contribution in [0, 0.1) is 5.92 Å². The van der Waals surface area contributed by atoms with Gasteiger partial charge in [-0.25, -0.2) is 0 Å². The van der Waals surface area contributed by atoms with E-state index >= 15 is 0 Å². The number of thiophene rings is 1. The Morgan fingerprint density at radius 3 is 2.86 bits per heavy atom. The molecule has 112 valence electrons. The second-order valence-corrected chi connectivity index (χ2v) is 6.05. The van der Waals surface area contributed by atoms with E-state index in [-0.39, 0.29) is 13.0 Å². The van der Waals surface area contributed by atoms with Crippen molar-refractivity contribution in [2.24, 2.45) is 5.92 Å². The Morgan fingerprint density at radius 1 is 1.43 bits per heavy atom. The number of hydrogen-bond donors (Lipinski definition) is 3. The molecule has 2 aliphatic heterocycles. The molecule has 2 amide bonds. The summed E-state index contributed by atoms with van der Waals surface area (Å²) < 4.78 is 5.52. The second-order valence-electron chi connectivity index (χ2n) is 5.10. The number of aliphatic hydroxyl groups excluding tert-OH is 2. The number of nitrogens with one attached hydrogen (secondary N) is 1. The van der Waals surface area contributed by atoms with Crippen molar-refractivity contribution in [1.82, 2.24) is 5.32 Å². The van der Waals surface area contributed by atoms with E-state index in [1.54, 1.807) is 6.08 Å². The first kappa shape index (κ1) is 14.4. The van der Waals surface area contributed by atoms with Crippen LogP contribution in [0.2, 0.25) is 0 Å². The van der Waals surface area contributed by atoms with E-state index in [0.717, 1.165) is 4.88 Å². The van der Waals surface area contributed by atoms with Crippen molar-refractivity contribution < 1.29 is 24.5 Å². The van der Waals surface area contributed by atoms with Crippen LogP contribution in [-0.4, -0.2) is 46.9 Å². The Bertz CT molecular complexity index is 582. The van der Waals surface area contributed by atoms with Crippen LogP contribution in [0.4, 0.5) is 0 Å². The molecule has 3 rings (SSSR count). The SMILES string of the molecule is O=C1NC(=O)C([C@H]2C[C@H](O)[C@@H](CO)O2)C=C1c1cccs1. The average Bonchev–Trinajstić information content (AvgIpc) is 3.08. The van der Waals surface area contributed by atoms with Crippen molar-refractivity contribution in [2.45, 2.75) is 24.7 Å². The van der Waals surface area contributed by atoms with Crippen LogP contribution in [-0.2, 0) is 14.3 Å². The van der Waals surface area contributed by atoms with Crippen LogP contribution in [0.15, 0.2) is 23.6 Å². The summed E-state index contributed by atoms with van der Waals surface area (Å²) in [7, 11) is 0. The van der Waals surface area contributed by atoms with Gasteiger partial charge in [0.15, 0.2) is 0 Å². The number of amides is 2. The summed E-state index contributed by atoms with van der Waals surface area (Å²) in [4.78, 5) is 24.7. The third kappa shape index (κ3) is 2.65. The maximum absolute atomic E-state index is 12.0. The topological polar surface area (TPSA) is 95.9 Å². The van der Waals surface area contributed by atoms with Gasteiger partial charge >= 0.3 is 0 Å². The fraction of sp³-hybridized carbons (Fsp3) is 0.429. The lowest BCUT2D eigenvalue weighted by molar-refractivity contribution is -0.133. The van der Waals surface area contributed by atoms with E-state index < -0.39 is 36.0 Å². The zero-order valence-corrected chi connectivity index (χ0v) is 11.9. The molecule has 1 saturated heterocycles. The molecule has 0 saturated carbocycles. The second kappa shape index (κ2) is 5.69. The van der Waals surface area contributed by atoms with Crippen LogP contribution in [0.1, 0.15) is 11.3 Å². The Morgan fingerprint density at radius 2 is 2.24 bits per heavy atom. The zero-order valence-electron chi connectivity index (χ0n) is 11.1. The lowest BCUT2D eigenvalue weighted by Crippen LogP contribution is -2.44. The molecule has 1 aromatic rings. The van der Waals surface area contributed by atoms with Crippen LogP contribution in [0.3, 0.4) is 0 Å². The summed E-state index contributed by atoms with van der Waals surface area (Å²) >= 11 is 1.41. The number of rotatable bonds is 3. The molecule has 7 heteroatoms. The highest BCUT2D eigenvalue weighted by Crippen LogP contribution is 2.32. The van der Waals surface area contributed by atoms with E-state index in [4.69, 9.17) is 9.84 Å². The van der Waals surface area contributed by atoms with Crippen LogP contribution >= 0.6 is 11.3 Å². The van der Waals surface area contributed by atoms with E-state index in [2.05, 4.69) is 5.32 Å². The third-order valence-electron chi connectivity index (χ3n) is 3.75. The molecule has 3 N–H and O–H groups in total. The normalized spacial score (nSPS) is 33.0. The predicted octanol–water partition coefficient (Wildman–Crippen LogP) is -0.0852. The van der Waals surface area contributed by atoms with Crippen molar-refractivity contribution >= 4 is 28.7 Å². The Balaban J connectivity index is 1.87. The van der Waals surface area contributed by atoms with Gasteiger partial charge in [0.25, 0.3) is 5.91 Å². The zero-order chi connectivity index (χ0) is 15.0. The molecular weight excluding hydrogens is 294 g/mol. The number of aliphatic hydroxyl groups is 2. The van der Waals surface area contributed by atoms with Gasteiger partial charge in [0.05, 0.1) is 30.3 Å². The molecule has 0 spiro atoms. The van der Waals surface area contributed by atoms with Gasteiger partial charge < -0.3 is 14.9 Å². The standard InChI is InChI=1S/C14H15NO5S/c16-6-11-9(17)5-10(20-11)7-4-8(12-2-1-3-21-12)14(19)15-13(7)18/h1-4,7,9-11,16-17H,5-6H2,(H,15,18,19)/t7?,9-,10+,11+/m0/s1. The van der Waals surface area contributed by atoms with E-state index in [9.17, 15) is 14.7 Å². The fourth-order valence-corrected chi connectivity index (χ4v) is 3.40. The van der Waals surface area contributed by atoms with E-state index in [1.807, 2.05) is 17.5 Å². The van der Waals surface area contributed by atoms with Crippen LogP contribution < -0.4 is 5.32 Å². The highest BCUT2D eigenvalue weighted by atomic mass is 32.1. The molecule has 3 heterocycles. The smallest absolute Gasteiger partial charge is 0.258 e. The molecule has 0 radical (unpaired) electrons. The Labute approximate surface area is 125 Å². The highest BCUT2D eigenvalue weighted by molar-refractivity contribution is 7.11. The highest BCUT2D eigenvalue weighted by Gasteiger charge is 2.42. The molecule has 0 aromatic carbocycles. The predicted molar refractivity (Wildman–Crippen MR) is 75.3 cm³/mol. The van der Waals surface area contributed by atoms with Crippen LogP contribution in [0.5, 0.6) is 0 Å². The van der Waals surface area contributed by atoms with Gasteiger partial charge in [0, 0.05) is 11.3 Å². The summed E-state index contributed by atoms with van der Waals surface area (Å²) in [6, 6.07) is 3.64. The first-order valence-electron chi connectivity index (χ1n) is 6.65. The minimum absolute atomic E-state index is 0.256. The van der Waals surface area contributed by atoms with Gasteiger partial charge in [-0.2, -0.15) is 0 Å². The van der Waals surface area contributed by atoms with Crippen molar-refractivity contribution in [3.05, 3.63) is 28.5 Å². The van der Waals surface area contributed by atoms with Gasteiger partial charge in [0.1, 0.15) is 6.10 Å². The average molecular weight is 309 g/mol. The van der Waals surface area contributed by atoms with Gasteiger partial charge in [-0.15, -0.1) is 11.3 Å². The molecule has 1 fully saturated rings. The molecule has 4 atom stereocenters. The molecule has 0 bridgehead atoms. The van der Waals surface area contributed by atoms with Crippen LogP contribution in [0.25, 0.3) is 5.57 Å². The summed E-state index contributed by atoms with van der Waals surface area (Å²) in [6.45, 7) is -0.299. The monoisotopic (exact) mass is 309 g/mol. The van der Waals surface area contributed by atoms with E-state index in [1.165, 1.54) is 11.3 Å². The minimum atomic E-state index is -0.802. The molecular formula is C14H15NO5S. The van der Waals surface area contributed by atoms with Gasteiger partial charge in [-0.1, -0.05) is 12.1 Å². The largest absolute Gasteiger partial charge is 0.394 e. The van der Waals surface area contributed by atoms with Gasteiger partial charge in [0.2, 0.25) is 5.91 Å². The maximum Gasteiger partial charge on any atom is 0.258 e. The fourth-order valence-electron chi connectivity index (χ4n) is 2.65. The first-order chi connectivity index (χ1) is 10.1. The van der Waals surface area contributed by atoms with Crippen molar-refractivity contribution in [1.29, 1.82) is 0 Å². The summed E-state index contributed by atoms with van der Waals surface area (Å²) in [5.74, 6) is -1.50. The minimum Gasteiger partial charge on any atom is -0.394 e. The van der Waals surface area contributed by atoms with E-state index in [0.29, 0.717) is 5.57 Å². The van der Waals surface area contributed by atoms with Crippen molar-refractivity contribution in [3.63, 3.8) is 0 Å². The molecule has 2 aliphatic rings. The van der Waals surface area contributed by atoms with Crippen molar-refractivity contribution in [3.8, 4) is 0 Å². The van der Waals surface area contributed by atoms with Crippen molar-refractivity contribution in [2.75, 3.05) is 6.61 Å². The quantitative estimate of drug-likeness (QED) is 0.679. The lowest BCUT2D eigenvalue weighted by atomic mass is 9.92. The third-order valence-corrected chi connectivity index (χ3v) is 4.65. The molecule has 0 aliphatic carbocycles. The molecule has 1 aromatic heterocycles. The molecule has 6 nitrogen and oxygen atoms in total. The summed E-state index contributed by atoms with van der Waals surface area (Å²) in [5.41, 5.74) is 0.445. The number of carbonyl (C=O) groups excluding carboxylic acids is 2. The molecule has 1 unspecified atom stereocenters. The summed E-state index contributed by atoms with van der Waals surface area (Å²) in [6.07, 6.45) is -0.168. The number of ether oxygens (including phenoxy) is 1. The first-order valence-corrected chi connectivity index (χ1v) is 7.53. The lowest BCUT2D eigenvalue weighted by Gasteiger charge is -2.24. The van der Waals surface area contributed by atoms with Gasteiger partial charge in [-0.05, 0) is 11.4 Å². The molecule has 21 heavy (non-hydrogen) atoms. The maximum atomic E-state index is 12.0. The number of imide groups is 1. The Kier molecular flexibility index (Phi) is 3.90. The summed E-state index contributed by atoms with van der Waals surface area (Å²) in [5, 5.41) is 23.1.